The van der Waals surface area contributed by atoms with Crippen molar-refractivity contribution in [2.24, 2.45) is 0 Å². The summed E-state index contributed by atoms with van der Waals surface area (Å²) in [6.45, 7) is 3.20. The lowest BCUT2D eigenvalue weighted by Crippen LogP contribution is -2.56. The second-order valence-corrected chi connectivity index (χ2v) is 5.02. The van der Waals surface area contributed by atoms with Crippen molar-refractivity contribution in [1.29, 1.82) is 0 Å². The van der Waals surface area contributed by atoms with E-state index in [4.69, 9.17) is 0 Å². The van der Waals surface area contributed by atoms with Crippen molar-refractivity contribution in [3.05, 3.63) is 35.6 Å². The monoisotopic (exact) mass is 220 g/mol. The van der Waals surface area contributed by atoms with E-state index in [1.54, 1.807) is 12.1 Å². The van der Waals surface area contributed by atoms with Gasteiger partial charge in [-0.05, 0) is 30.5 Å². The largest absolute Gasteiger partial charge is 0.314 e. The first-order chi connectivity index (χ1) is 7.78. The Hall–Kier alpha value is -0.930. The Balaban J connectivity index is 1.65. The summed E-state index contributed by atoms with van der Waals surface area (Å²) in [7, 11) is 0. The molecule has 1 aromatic rings. The smallest absolute Gasteiger partial charge is 0.123 e. The summed E-state index contributed by atoms with van der Waals surface area (Å²) >= 11 is 0. The summed E-state index contributed by atoms with van der Waals surface area (Å²) in [5.74, 6) is -0.143. The molecule has 0 atom stereocenters. The van der Waals surface area contributed by atoms with Gasteiger partial charge in [0, 0.05) is 31.1 Å². The zero-order valence-corrected chi connectivity index (χ0v) is 9.30. The minimum absolute atomic E-state index is 0.143. The Morgan fingerprint density at radius 2 is 1.94 bits per heavy atom. The molecule has 1 saturated heterocycles. The Morgan fingerprint density at radius 3 is 2.44 bits per heavy atom. The van der Waals surface area contributed by atoms with Crippen molar-refractivity contribution < 1.29 is 4.39 Å². The number of hydrogen-bond acceptors (Lipinski definition) is 2. The minimum atomic E-state index is -0.143. The molecule has 16 heavy (non-hydrogen) atoms. The van der Waals surface area contributed by atoms with Crippen LogP contribution in [0.5, 0.6) is 0 Å². The van der Waals surface area contributed by atoms with Crippen molar-refractivity contribution in [2.45, 2.75) is 24.3 Å². The van der Waals surface area contributed by atoms with Gasteiger partial charge in [0.2, 0.25) is 0 Å². The number of nitrogens with one attached hydrogen (secondary N) is 2. The van der Waals surface area contributed by atoms with E-state index in [9.17, 15) is 4.39 Å². The molecule has 0 aromatic heterocycles. The lowest BCUT2D eigenvalue weighted by Gasteiger charge is -2.30. The van der Waals surface area contributed by atoms with Gasteiger partial charge in [-0.15, -0.1) is 0 Å². The molecule has 0 radical (unpaired) electrons. The predicted octanol–water partition coefficient (Wildman–Crippen LogP) is 1.42. The second-order valence-electron chi connectivity index (χ2n) is 5.02. The fraction of sp³-hybridized carbons (Fsp3) is 0.538. The predicted molar refractivity (Wildman–Crippen MR) is 62.0 cm³/mol. The van der Waals surface area contributed by atoms with E-state index in [1.165, 1.54) is 18.4 Å². The SMILES string of the molecule is Fc1ccc(C2(CNC3CNC3)CC2)cc1. The highest BCUT2D eigenvalue weighted by Crippen LogP contribution is 2.47. The van der Waals surface area contributed by atoms with Crippen LogP contribution in [0, 0.1) is 5.82 Å². The summed E-state index contributed by atoms with van der Waals surface area (Å²) in [4.78, 5) is 0. The highest BCUT2D eigenvalue weighted by Gasteiger charge is 2.44. The molecule has 0 amide bonds. The average molecular weight is 220 g/mol. The van der Waals surface area contributed by atoms with E-state index in [1.807, 2.05) is 12.1 Å². The topological polar surface area (TPSA) is 24.1 Å². The molecule has 2 nitrogen and oxygen atoms in total. The highest BCUT2D eigenvalue weighted by molar-refractivity contribution is 5.32. The third kappa shape index (κ3) is 1.85. The van der Waals surface area contributed by atoms with Gasteiger partial charge in [0.15, 0.2) is 0 Å². The summed E-state index contributed by atoms with van der Waals surface area (Å²) in [6, 6.07) is 7.64. The Kier molecular flexibility index (Phi) is 2.45. The molecule has 0 unspecified atom stereocenters. The van der Waals surface area contributed by atoms with Crippen LogP contribution < -0.4 is 10.6 Å². The number of hydrogen-bond donors (Lipinski definition) is 2. The third-order valence-corrected chi connectivity index (χ3v) is 3.82. The van der Waals surface area contributed by atoms with Gasteiger partial charge in [-0.1, -0.05) is 12.1 Å². The molecule has 1 aliphatic heterocycles. The van der Waals surface area contributed by atoms with E-state index >= 15 is 0 Å². The fourth-order valence-electron chi connectivity index (χ4n) is 2.29. The molecule has 1 heterocycles. The van der Waals surface area contributed by atoms with Crippen molar-refractivity contribution in [2.75, 3.05) is 19.6 Å². The van der Waals surface area contributed by atoms with Gasteiger partial charge >= 0.3 is 0 Å². The van der Waals surface area contributed by atoms with Crippen LogP contribution in [-0.2, 0) is 5.41 Å². The molecule has 3 heteroatoms. The zero-order valence-electron chi connectivity index (χ0n) is 9.30. The molecule has 3 rings (SSSR count). The van der Waals surface area contributed by atoms with Crippen molar-refractivity contribution in [3.8, 4) is 0 Å². The summed E-state index contributed by atoms with van der Waals surface area (Å²) in [6.07, 6.45) is 2.46. The van der Waals surface area contributed by atoms with Crippen LogP contribution in [0.1, 0.15) is 18.4 Å². The lowest BCUT2D eigenvalue weighted by atomic mass is 9.95. The molecule has 1 saturated carbocycles. The molecule has 1 aromatic carbocycles. The van der Waals surface area contributed by atoms with Gasteiger partial charge in [-0.3, -0.25) is 0 Å². The van der Waals surface area contributed by atoms with Crippen LogP contribution in [0.25, 0.3) is 0 Å². The van der Waals surface area contributed by atoms with Gasteiger partial charge in [0.1, 0.15) is 5.82 Å². The molecule has 2 aliphatic rings. The maximum Gasteiger partial charge on any atom is 0.123 e. The van der Waals surface area contributed by atoms with Crippen LogP contribution in [-0.4, -0.2) is 25.7 Å². The van der Waals surface area contributed by atoms with Crippen LogP contribution in [0.4, 0.5) is 4.39 Å². The Morgan fingerprint density at radius 1 is 1.25 bits per heavy atom. The van der Waals surface area contributed by atoms with Gasteiger partial charge in [0.25, 0.3) is 0 Å². The van der Waals surface area contributed by atoms with Crippen LogP contribution in [0.15, 0.2) is 24.3 Å². The molecule has 86 valence electrons. The first-order valence-corrected chi connectivity index (χ1v) is 5.99. The quantitative estimate of drug-likeness (QED) is 0.802. The second kappa shape index (κ2) is 3.82. The standard InChI is InChI=1S/C13H17FN2/c14-11-3-1-10(2-4-11)13(5-6-13)9-16-12-7-15-8-12/h1-4,12,15-16H,5-9H2. The molecule has 2 N–H and O–H groups in total. The first-order valence-electron chi connectivity index (χ1n) is 5.99. The van der Waals surface area contributed by atoms with Crippen molar-refractivity contribution in [1.82, 2.24) is 10.6 Å². The maximum atomic E-state index is 12.8. The Labute approximate surface area is 95.2 Å². The van der Waals surface area contributed by atoms with E-state index in [0.717, 1.165) is 19.6 Å². The zero-order chi connectivity index (χ0) is 11.0. The van der Waals surface area contributed by atoms with Crippen LogP contribution >= 0.6 is 0 Å². The summed E-state index contributed by atoms with van der Waals surface area (Å²) in [5.41, 5.74) is 1.58. The summed E-state index contributed by atoms with van der Waals surface area (Å²) < 4.78 is 12.8. The van der Waals surface area contributed by atoms with Crippen LogP contribution in [0.3, 0.4) is 0 Å². The third-order valence-electron chi connectivity index (χ3n) is 3.82. The summed E-state index contributed by atoms with van der Waals surface area (Å²) in [5, 5.41) is 6.83. The van der Waals surface area contributed by atoms with E-state index in [-0.39, 0.29) is 5.82 Å². The van der Waals surface area contributed by atoms with Gasteiger partial charge in [-0.2, -0.15) is 0 Å². The molecule has 1 aliphatic carbocycles. The van der Waals surface area contributed by atoms with Gasteiger partial charge < -0.3 is 10.6 Å². The molecule has 2 fully saturated rings. The molecular weight excluding hydrogens is 203 g/mol. The van der Waals surface area contributed by atoms with E-state index in [2.05, 4.69) is 10.6 Å². The number of benzene rings is 1. The fourth-order valence-corrected chi connectivity index (χ4v) is 2.29. The van der Waals surface area contributed by atoms with Crippen LogP contribution in [0.2, 0.25) is 0 Å². The maximum absolute atomic E-state index is 12.8. The van der Waals surface area contributed by atoms with Gasteiger partial charge in [0.05, 0.1) is 0 Å². The minimum Gasteiger partial charge on any atom is -0.314 e. The molecule has 0 spiro atoms. The van der Waals surface area contributed by atoms with Crippen molar-refractivity contribution in [3.63, 3.8) is 0 Å². The van der Waals surface area contributed by atoms with E-state index in [0.29, 0.717) is 11.5 Å². The van der Waals surface area contributed by atoms with Crippen molar-refractivity contribution >= 4 is 0 Å². The average Bonchev–Trinajstić information content (AvgIpc) is 2.98. The first kappa shape index (κ1) is 10.2. The molecule has 0 bridgehead atoms. The normalized spacial score (nSPS) is 22.8. The number of halogens is 1. The highest BCUT2D eigenvalue weighted by atomic mass is 19.1. The van der Waals surface area contributed by atoms with Gasteiger partial charge in [-0.25, -0.2) is 4.39 Å². The van der Waals surface area contributed by atoms with E-state index < -0.39 is 0 Å². The molecular formula is C13H17FN2. The lowest BCUT2D eigenvalue weighted by molar-refractivity contribution is 0.353. The Bertz CT molecular complexity index is 366. The number of rotatable bonds is 4.